The number of methoxy groups -OCH3 is 4. The smallest absolute Gasteiger partial charge is 0.508 e. The first-order chi connectivity index (χ1) is 42.3. The number of benzene rings is 3. The number of phenolic OH excluding ortho intramolecular Hbond substituents is 1. The number of ether oxygens (including phenoxy) is 7. The van der Waals surface area contributed by atoms with Crippen LogP contribution in [0.4, 0.5) is 4.79 Å². The summed E-state index contributed by atoms with van der Waals surface area (Å²) in [5.74, 6) is -5.14. The second-order valence-electron chi connectivity index (χ2n) is 19.0. The predicted octanol–water partition coefficient (Wildman–Crippen LogP) is 5.70. The lowest BCUT2D eigenvalue weighted by atomic mass is 10.1. The topological polar surface area (TPSA) is 382 Å². The van der Waals surface area contributed by atoms with E-state index in [0.717, 1.165) is 23.7 Å². The molecule has 0 aromatic heterocycles. The van der Waals surface area contributed by atoms with Crippen LogP contribution in [0.15, 0.2) is 72.8 Å². The minimum Gasteiger partial charge on any atom is -0.508 e. The molecule has 5 N–H and O–H groups in total. The van der Waals surface area contributed by atoms with E-state index in [1.807, 2.05) is 6.92 Å². The van der Waals surface area contributed by atoms with Crippen molar-refractivity contribution in [2.45, 2.75) is 112 Å². The van der Waals surface area contributed by atoms with Gasteiger partial charge in [0.2, 0.25) is 0 Å². The fraction of sp³-hybridized carbons (Fsp3) is 0.508. The number of hydrogen-bond acceptors (Lipinski definition) is 25. The minimum atomic E-state index is -1.15. The number of carbonyl (C=O) groups is 11. The van der Waals surface area contributed by atoms with Crippen molar-refractivity contribution in [1.29, 1.82) is 1.12 Å². The molecule has 6 amide bonds. The van der Waals surface area contributed by atoms with Crippen molar-refractivity contribution < 1.29 is 121 Å². The molecular formula is C59H83N3O25S. The van der Waals surface area contributed by atoms with Gasteiger partial charge in [-0.05, 0) is 85.0 Å². The average molecular weight is 1270 g/mol. The summed E-state index contributed by atoms with van der Waals surface area (Å²) < 4.78 is 40.8. The maximum absolute atomic E-state index is 11.9. The summed E-state index contributed by atoms with van der Waals surface area (Å²) in [6, 6.07) is 19.6. The van der Waals surface area contributed by atoms with E-state index in [2.05, 4.69) is 4.84 Å². The second-order valence-corrected chi connectivity index (χ2v) is 19.0. The largest absolute Gasteiger partial charge is 0.534 e. The number of carboxylic acid groups (broad SMARTS) is 1. The molecule has 490 valence electrons. The molecule has 3 aromatic carbocycles. The van der Waals surface area contributed by atoms with Gasteiger partial charge in [-0.2, -0.15) is 17.6 Å². The Hall–Kier alpha value is -7.90. The molecule has 3 saturated heterocycles. The molecule has 0 aliphatic carbocycles. The summed E-state index contributed by atoms with van der Waals surface area (Å²) >= 11 is 1.000. The van der Waals surface area contributed by atoms with Crippen molar-refractivity contribution in [2.75, 3.05) is 61.1 Å². The molecule has 88 heavy (non-hydrogen) atoms. The van der Waals surface area contributed by atoms with E-state index in [9.17, 15) is 52.7 Å². The van der Waals surface area contributed by atoms with Crippen LogP contribution in [0.2, 0.25) is 0 Å². The Morgan fingerprint density at radius 3 is 1.12 bits per heavy atom. The average Bonchev–Trinajstić information content (AvgIpc) is 2.89. The van der Waals surface area contributed by atoms with E-state index in [1.165, 1.54) is 7.11 Å². The predicted molar refractivity (Wildman–Crippen MR) is 312 cm³/mol. The minimum absolute atomic E-state index is 0.0103. The Kier molecular flexibility index (Phi) is 41.1. The van der Waals surface area contributed by atoms with Crippen LogP contribution in [-0.2, 0) is 101 Å². The van der Waals surface area contributed by atoms with E-state index in [-0.39, 0.29) is 98.9 Å². The molecule has 28 nitrogen and oxygen atoms in total. The molecule has 3 fully saturated rings. The lowest BCUT2D eigenvalue weighted by Crippen LogP contribution is -2.34. The number of imide groups is 3. The number of esters is 2. The molecule has 0 saturated carbocycles. The van der Waals surface area contributed by atoms with Crippen molar-refractivity contribution >= 4 is 78.0 Å². The third-order valence-electron chi connectivity index (χ3n) is 12.0. The zero-order valence-electron chi connectivity index (χ0n) is 51.9. The zero-order valence-corrected chi connectivity index (χ0v) is 51.7. The summed E-state index contributed by atoms with van der Waals surface area (Å²) in [4.78, 5) is 132. The van der Waals surface area contributed by atoms with Crippen molar-refractivity contribution in [3.63, 3.8) is 0 Å². The van der Waals surface area contributed by atoms with Crippen molar-refractivity contribution in [3.05, 3.63) is 89.5 Å². The molecule has 29 heteroatoms. The Morgan fingerprint density at radius 1 is 0.500 bits per heavy atom. The first-order valence-electron chi connectivity index (χ1n) is 27.8. The Bertz CT molecular complexity index is 2600. The SMILES string of the molecule is COCCC(C)C(=O)O.COCCC(C)C(=O)ON1C(=O)CCC1=O.COCCC(C)C(=O)Oc1ccc(CO)cc1.COCCC(C)C(=O)Oc1ccc(COC(=O)ON2C(=O)CCC2=O)cc1.O=C1CCC(=O)N1O.OCc1ccc(O)cc1.[2H]SC. The van der Waals surface area contributed by atoms with Crippen molar-refractivity contribution in [1.82, 2.24) is 15.2 Å². The molecule has 0 spiro atoms. The number of aliphatic carboxylic acids is 1. The number of thiol groups is 1. The number of nitrogens with zero attached hydrogens (tertiary/aromatic N) is 3. The highest BCUT2D eigenvalue weighted by atomic mass is 32.1. The van der Waals surface area contributed by atoms with Gasteiger partial charge in [0, 0.05) is 93.4 Å². The number of aliphatic hydroxyl groups excluding tert-OH is 2. The zero-order chi connectivity index (χ0) is 67.4. The summed E-state index contributed by atoms with van der Waals surface area (Å²) in [5.41, 5.74) is 2.21. The van der Waals surface area contributed by atoms with Crippen LogP contribution in [0, 0.1) is 23.7 Å². The lowest BCUT2D eigenvalue weighted by molar-refractivity contribution is -0.200. The normalized spacial score (nSPS) is 14.5. The molecule has 4 unspecified atom stereocenters. The number of hydroxylamine groups is 6. The van der Waals surface area contributed by atoms with Crippen LogP contribution in [0.1, 0.15) is 109 Å². The highest BCUT2D eigenvalue weighted by Crippen LogP contribution is 2.19. The van der Waals surface area contributed by atoms with Gasteiger partial charge in [0.25, 0.3) is 35.4 Å². The first kappa shape index (κ1) is 78.1. The van der Waals surface area contributed by atoms with E-state index in [0.29, 0.717) is 79.3 Å². The molecule has 3 aliphatic rings. The maximum Gasteiger partial charge on any atom is 0.534 e. The van der Waals surface area contributed by atoms with E-state index >= 15 is 0 Å². The quantitative estimate of drug-likeness (QED) is 0.0206. The Labute approximate surface area is 517 Å². The van der Waals surface area contributed by atoms with Gasteiger partial charge >= 0.3 is 30.0 Å². The molecule has 0 bridgehead atoms. The molecular weight excluding hydrogens is 1180 g/mol. The van der Waals surface area contributed by atoms with Crippen LogP contribution in [-0.4, -0.2) is 169 Å². The van der Waals surface area contributed by atoms with Crippen LogP contribution in [0.3, 0.4) is 0 Å². The number of hydrogen-bond donors (Lipinski definition) is 6. The third kappa shape index (κ3) is 33.3. The van der Waals surface area contributed by atoms with E-state index in [1.54, 1.807) is 121 Å². The third-order valence-corrected chi connectivity index (χ3v) is 12.0. The maximum atomic E-state index is 11.9. The number of phenols is 1. The first-order valence-corrected chi connectivity index (χ1v) is 28.2. The molecule has 4 atom stereocenters. The molecule has 0 radical (unpaired) electrons. The van der Waals surface area contributed by atoms with Gasteiger partial charge in [0.1, 0.15) is 25.0 Å². The number of aliphatic hydroxyl groups is 2. The molecule has 6 rings (SSSR count). The van der Waals surface area contributed by atoms with Crippen LogP contribution in [0.5, 0.6) is 17.2 Å². The number of carbonyl (C=O) groups excluding carboxylic acids is 10. The number of rotatable bonds is 24. The standard InChI is InChI=1S/C18H21NO8.C13H18O4.C10H15NO5.C7H8O2.C6H12O3.C4H5NO3.CH4S/c1-12(9-10-24-2)17(22)26-14-5-3-13(4-6-14)11-25-18(23)27-19-15(20)7-8-16(19)21;1-10(7-8-16-2)13(15)17-12-5-3-11(9-14)4-6-12;1-7(5-6-15-2)10(14)16-11-8(12)3-4-9(11)13;8-5-6-1-3-7(9)4-2-6;1-5(6(7)8)3-4-9-2;6-3-1-2-4(7)5(3)8;1-2/h3-6,12H,7-11H2,1-2H3;3-6,10,14H,7-9H2,1-2H3;7H,3-6H2,1-2H3;1-4,8-9H,5H2;5H,3-4H2,1-2H3,(H,7,8);8H,1-2H2;2H,1H3/i/hD. The van der Waals surface area contributed by atoms with Gasteiger partial charge in [0.05, 0.1) is 36.9 Å². The molecule has 3 aliphatic heterocycles. The van der Waals surface area contributed by atoms with Gasteiger partial charge in [-0.3, -0.25) is 53.2 Å². The summed E-state index contributed by atoms with van der Waals surface area (Å²) in [6.45, 7) is 8.73. The van der Waals surface area contributed by atoms with E-state index < -0.39 is 59.5 Å². The fourth-order valence-corrected chi connectivity index (χ4v) is 6.31. The van der Waals surface area contributed by atoms with Crippen LogP contribution >= 0.6 is 12.5 Å². The summed E-state index contributed by atoms with van der Waals surface area (Å²) in [6.07, 6.45) is 3.38. The highest BCUT2D eigenvalue weighted by molar-refractivity contribution is 7.79. The monoisotopic (exact) mass is 1270 g/mol. The molecule has 3 aromatic rings. The Balaban J connectivity index is 0.00000109. The molecule has 3 heterocycles. The fourth-order valence-electron chi connectivity index (χ4n) is 6.31. The van der Waals surface area contributed by atoms with Crippen molar-refractivity contribution in [2.24, 2.45) is 23.7 Å². The summed E-state index contributed by atoms with van der Waals surface area (Å²) in [5, 5.41) is 44.1. The van der Waals surface area contributed by atoms with Crippen LogP contribution in [0.25, 0.3) is 0 Å². The van der Waals surface area contributed by atoms with Gasteiger partial charge in [-0.25, -0.2) is 9.59 Å². The van der Waals surface area contributed by atoms with Gasteiger partial charge in [0.15, 0.2) is 0 Å². The van der Waals surface area contributed by atoms with Crippen molar-refractivity contribution in [3.8, 4) is 17.2 Å². The second kappa shape index (κ2) is 46.3. The van der Waals surface area contributed by atoms with Gasteiger partial charge in [-0.1, -0.05) is 69.2 Å². The highest BCUT2D eigenvalue weighted by Gasteiger charge is 2.35. The van der Waals surface area contributed by atoms with Gasteiger partial charge < -0.3 is 58.4 Å². The summed E-state index contributed by atoms with van der Waals surface area (Å²) in [7, 11) is 6.27. The number of amides is 6. The Morgan fingerprint density at radius 2 is 0.807 bits per heavy atom. The number of carboxylic acids is 1. The lowest BCUT2D eigenvalue weighted by Gasteiger charge is -2.15. The number of aromatic hydroxyl groups is 1. The van der Waals surface area contributed by atoms with Gasteiger partial charge in [-0.15, -0.1) is 5.06 Å². The van der Waals surface area contributed by atoms with E-state index in [4.69, 9.17) is 64.8 Å². The van der Waals surface area contributed by atoms with Crippen LogP contribution < -0.4 is 9.47 Å².